The van der Waals surface area contributed by atoms with Crippen LogP contribution in [0, 0.1) is 10.1 Å². The molecule has 0 aliphatic carbocycles. The van der Waals surface area contributed by atoms with Crippen molar-refractivity contribution in [3.05, 3.63) is 93.5 Å². The van der Waals surface area contributed by atoms with Gasteiger partial charge in [0.05, 0.1) is 23.3 Å². The molecular weight excluding hydrogens is 468 g/mol. The van der Waals surface area contributed by atoms with E-state index in [1.165, 1.54) is 43.5 Å². The second kappa shape index (κ2) is 11.9. The number of carbonyl (C=O) groups excluding carboxylic acids is 3. The highest BCUT2D eigenvalue weighted by Crippen LogP contribution is 2.29. The highest BCUT2D eigenvalue weighted by molar-refractivity contribution is 5.96. The predicted molar refractivity (Wildman–Crippen MR) is 131 cm³/mol. The van der Waals surface area contributed by atoms with Gasteiger partial charge < -0.3 is 14.8 Å². The maximum Gasteiger partial charge on any atom is 0.343 e. The maximum atomic E-state index is 12.4. The number of carbonyl (C=O) groups is 3. The Morgan fingerprint density at radius 2 is 1.64 bits per heavy atom. The molecule has 0 unspecified atom stereocenters. The third kappa shape index (κ3) is 6.97. The lowest BCUT2D eigenvalue weighted by Crippen LogP contribution is -2.17. The third-order valence-electron chi connectivity index (χ3n) is 4.63. The SMILES string of the molecule is CCOc1cc(/C=N/NC(=O)c2ccc(NC(C)=O)cc2)ccc1OC(=O)c1ccc([N+](=O)[O-])cc1. The Hall–Kier alpha value is -5.06. The van der Waals surface area contributed by atoms with Gasteiger partial charge in [-0.15, -0.1) is 0 Å². The highest BCUT2D eigenvalue weighted by atomic mass is 16.6. The van der Waals surface area contributed by atoms with Crippen molar-refractivity contribution in [2.24, 2.45) is 5.10 Å². The molecular formula is C25H22N4O7. The van der Waals surface area contributed by atoms with Gasteiger partial charge in [-0.1, -0.05) is 0 Å². The van der Waals surface area contributed by atoms with E-state index in [1.54, 1.807) is 43.3 Å². The summed E-state index contributed by atoms with van der Waals surface area (Å²) in [6.45, 7) is 3.45. The Kier molecular flexibility index (Phi) is 8.44. The Bertz CT molecular complexity index is 1300. The molecule has 0 bridgehead atoms. The quantitative estimate of drug-likeness (QED) is 0.152. The van der Waals surface area contributed by atoms with Crippen LogP contribution in [-0.4, -0.2) is 35.5 Å². The summed E-state index contributed by atoms with van der Waals surface area (Å²) in [6, 6.07) is 16.0. The summed E-state index contributed by atoms with van der Waals surface area (Å²) >= 11 is 0. The van der Waals surface area contributed by atoms with E-state index in [0.29, 0.717) is 23.4 Å². The first-order chi connectivity index (χ1) is 17.3. The average molecular weight is 490 g/mol. The summed E-state index contributed by atoms with van der Waals surface area (Å²) in [7, 11) is 0. The van der Waals surface area contributed by atoms with Crippen molar-refractivity contribution in [2.75, 3.05) is 11.9 Å². The minimum atomic E-state index is -0.705. The summed E-state index contributed by atoms with van der Waals surface area (Å²) in [6.07, 6.45) is 1.40. The van der Waals surface area contributed by atoms with Crippen LogP contribution in [0.3, 0.4) is 0 Å². The summed E-state index contributed by atoms with van der Waals surface area (Å²) in [4.78, 5) is 46.0. The maximum absolute atomic E-state index is 12.4. The topological polar surface area (TPSA) is 149 Å². The van der Waals surface area contributed by atoms with Crippen LogP contribution in [0.25, 0.3) is 0 Å². The van der Waals surface area contributed by atoms with Crippen LogP contribution in [0.4, 0.5) is 11.4 Å². The van der Waals surface area contributed by atoms with E-state index in [1.807, 2.05) is 0 Å². The summed E-state index contributed by atoms with van der Waals surface area (Å²) in [5.41, 5.74) is 3.90. The van der Waals surface area contributed by atoms with Crippen molar-refractivity contribution in [3.8, 4) is 11.5 Å². The molecule has 3 rings (SSSR count). The number of hydrogen-bond donors (Lipinski definition) is 2. The molecule has 3 aromatic carbocycles. The summed E-state index contributed by atoms with van der Waals surface area (Å²) in [5.74, 6) is -0.934. The first kappa shape index (κ1) is 25.6. The zero-order valence-electron chi connectivity index (χ0n) is 19.4. The Morgan fingerprint density at radius 1 is 0.972 bits per heavy atom. The number of esters is 1. The number of rotatable bonds is 9. The van der Waals surface area contributed by atoms with Crippen molar-refractivity contribution in [3.63, 3.8) is 0 Å². The van der Waals surface area contributed by atoms with Gasteiger partial charge in [0.25, 0.3) is 11.6 Å². The first-order valence-corrected chi connectivity index (χ1v) is 10.7. The molecule has 0 atom stereocenters. The molecule has 2 N–H and O–H groups in total. The van der Waals surface area contributed by atoms with E-state index < -0.39 is 16.8 Å². The van der Waals surface area contributed by atoms with E-state index >= 15 is 0 Å². The summed E-state index contributed by atoms with van der Waals surface area (Å²) < 4.78 is 11.0. The van der Waals surface area contributed by atoms with Crippen molar-refractivity contribution >= 4 is 35.4 Å². The van der Waals surface area contributed by atoms with Gasteiger partial charge in [0.2, 0.25) is 5.91 Å². The number of ether oxygens (including phenoxy) is 2. The zero-order chi connectivity index (χ0) is 26.1. The fraction of sp³-hybridized carbons (Fsp3) is 0.120. The number of nitro benzene ring substituents is 1. The molecule has 0 saturated heterocycles. The van der Waals surface area contributed by atoms with E-state index in [2.05, 4.69) is 15.8 Å². The van der Waals surface area contributed by atoms with E-state index in [-0.39, 0.29) is 28.7 Å². The third-order valence-corrected chi connectivity index (χ3v) is 4.63. The zero-order valence-corrected chi connectivity index (χ0v) is 19.4. The molecule has 36 heavy (non-hydrogen) atoms. The molecule has 184 valence electrons. The van der Waals surface area contributed by atoms with Crippen LogP contribution >= 0.6 is 0 Å². The van der Waals surface area contributed by atoms with Crippen molar-refractivity contribution < 1.29 is 28.8 Å². The van der Waals surface area contributed by atoms with Crippen LogP contribution < -0.4 is 20.2 Å². The lowest BCUT2D eigenvalue weighted by atomic mass is 10.2. The van der Waals surface area contributed by atoms with Gasteiger partial charge in [0, 0.05) is 30.3 Å². The number of amides is 2. The van der Waals surface area contributed by atoms with E-state index in [4.69, 9.17) is 9.47 Å². The van der Waals surface area contributed by atoms with Gasteiger partial charge in [-0.2, -0.15) is 5.10 Å². The van der Waals surface area contributed by atoms with E-state index in [9.17, 15) is 24.5 Å². The molecule has 0 aliphatic rings. The second-order valence-corrected chi connectivity index (χ2v) is 7.29. The van der Waals surface area contributed by atoms with Gasteiger partial charge in [-0.3, -0.25) is 19.7 Å². The minimum Gasteiger partial charge on any atom is -0.490 e. The molecule has 0 aliphatic heterocycles. The number of nitrogens with zero attached hydrogens (tertiary/aromatic N) is 2. The number of benzene rings is 3. The Balaban J connectivity index is 1.66. The Labute approximate surface area is 205 Å². The molecule has 0 aromatic heterocycles. The van der Waals surface area contributed by atoms with Crippen LogP contribution in [0.5, 0.6) is 11.5 Å². The monoisotopic (exact) mass is 490 g/mol. The standard InChI is InChI=1S/C25H22N4O7/c1-3-35-23-14-17(15-26-28-24(31)18-5-9-20(10-6-18)27-16(2)30)4-13-22(23)36-25(32)19-7-11-21(12-8-19)29(33)34/h4-15H,3H2,1-2H3,(H,27,30)(H,28,31)/b26-15+. The second-order valence-electron chi connectivity index (χ2n) is 7.29. The molecule has 0 radical (unpaired) electrons. The molecule has 11 heteroatoms. The molecule has 11 nitrogen and oxygen atoms in total. The lowest BCUT2D eigenvalue weighted by molar-refractivity contribution is -0.384. The molecule has 0 spiro atoms. The molecule has 2 amide bonds. The van der Waals surface area contributed by atoms with Gasteiger partial charge in [-0.25, -0.2) is 10.2 Å². The fourth-order valence-electron chi connectivity index (χ4n) is 2.97. The Morgan fingerprint density at radius 3 is 2.25 bits per heavy atom. The van der Waals surface area contributed by atoms with Gasteiger partial charge in [0.15, 0.2) is 11.5 Å². The smallest absolute Gasteiger partial charge is 0.343 e. The normalized spacial score (nSPS) is 10.5. The number of non-ortho nitro benzene ring substituents is 1. The van der Waals surface area contributed by atoms with Crippen molar-refractivity contribution in [1.29, 1.82) is 0 Å². The fourth-order valence-corrected chi connectivity index (χ4v) is 2.97. The summed E-state index contributed by atoms with van der Waals surface area (Å²) in [5, 5.41) is 17.3. The van der Waals surface area contributed by atoms with Gasteiger partial charge >= 0.3 is 5.97 Å². The molecule has 0 fully saturated rings. The minimum absolute atomic E-state index is 0.140. The first-order valence-electron chi connectivity index (χ1n) is 10.7. The van der Waals surface area contributed by atoms with Crippen molar-refractivity contribution in [2.45, 2.75) is 13.8 Å². The van der Waals surface area contributed by atoms with Crippen LogP contribution in [0.1, 0.15) is 40.1 Å². The molecule has 0 heterocycles. The highest BCUT2D eigenvalue weighted by Gasteiger charge is 2.15. The largest absolute Gasteiger partial charge is 0.490 e. The van der Waals surface area contributed by atoms with Gasteiger partial charge in [-0.05, 0) is 67.1 Å². The van der Waals surface area contributed by atoms with E-state index in [0.717, 1.165) is 0 Å². The average Bonchev–Trinajstić information content (AvgIpc) is 2.85. The lowest BCUT2D eigenvalue weighted by Gasteiger charge is -2.11. The van der Waals surface area contributed by atoms with Gasteiger partial charge in [0.1, 0.15) is 0 Å². The van der Waals surface area contributed by atoms with Crippen LogP contribution in [0.2, 0.25) is 0 Å². The van der Waals surface area contributed by atoms with Crippen LogP contribution in [0.15, 0.2) is 71.8 Å². The predicted octanol–water partition coefficient (Wildman–Crippen LogP) is 3.94. The van der Waals surface area contributed by atoms with Crippen LogP contribution in [-0.2, 0) is 4.79 Å². The number of hydrazone groups is 1. The number of nitrogens with one attached hydrogen (secondary N) is 2. The number of nitro groups is 1. The number of hydrogen-bond acceptors (Lipinski definition) is 8. The molecule has 0 saturated carbocycles. The molecule has 3 aromatic rings. The van der Waals surface area contributed by atoms with Crippen molar-refractivity contribution in [1.82, 2.24) is 5.43 Å². The number of anilines is 1.